The Kier molecular flexibility index (Phi) is 3.66. The summed E-state index contributed by atoms with van der Waals surface area (Å²) in [6.45, 7) is 0. The Morgan fingerprint density at radius 3 is 2.53 bits per heavy atom. The Hall–Kier alpha value is -2.14. The second kappa shape index (κ2) is 5.24. The van der Waals surface area contributed by atoms with Gasteiger partial charge in [-0.25, -0.2) is 13.1 Å². The van der Waals surface area contributed by atoms with Crippen LogP contribution >= 0.6 is 0 Å². The lowest BCUT2D eigenvalue weighted by molar-refractivity contribution is -0.114. The van der Waals surface area contributed by atoms with Crippen LogP contribution in [0.25, 0.3) is 16.8 Å². The summed E-state index contributed by atoms with van der Waals surface area (Å²) in [6.07, 6.45) is 3.75. The molecule has 0 saturated carbocycles. The molecule has 4 nitrogen and oxygen atoms in total. The molecule has 0 spiro atoms. The van der Waals surface area contributed by atoms with Gasteiger partial charge in [0.05, 0.1) is 6.26 Å². The van der Waals surface area contributed by atoms with Crippen molar-refractivity contribution < 1.29 is 13.2 Å². The largest absolute Gasteiger partial charge is 0.269 e. The van der Waals surface area contributed by atoms with E-state index in [0.717, 1.165) is 22.6 Å². The maximum Gasteiger partial charge on any atom is 0.257 e. The first-order valence-corrected chi connectivity index (χ1v) is 7.52. The normalized spacial score (nSPS) is 11.8. The zero-order chi connectivity index (χ0) is 13.9. The van der Waals surface area contributed by atoms with Gasteiger partial charge in [-0.2, -0.15) is 0 Å². The van der Waals surface area contributed by atoms with E-state index in [-0.39, 0.29) is 0 Å². The van der Waals surface area contributed by atoms with Crippen molar-refractivity contribution in [1.82, 2.24) is 4.72 Å². The minimum absolute atomic E-state index is 0.657. The van der Waals surface area contributed by atoms with E-state index < -0.39 is 15.9 Å². The lowest BCUT2D eigenvalue weighted by atomic mass is 10.0. The molecule has 98 valence electrons. The summed E-state index contributed by atoms with van der Waals surface area (Å²) in [5, 5.41) is 2.07. The third-order valence-corrected chi connectivity index (χ3v) is 3.10. The summed E-state index contributed by atoms with van der Waals surface area (Å²) in [6, 6.07) is 13.5. The van der Waals surface area contributed by atoms with Gasteiger partial charge in [0.25, 0.3) is 5.91 Å². The van der Waals surface area contributed by atoms with Crippen LogP contribution in [0.5, 0.6) is 0 Å². The number of sulfonamides is 1. The van der Waals surface area contributed by atoms with E-state index in [2.05, 4.69) is 0 Å². The Labute approximate surface area is 111 Å². The van der Waals surface area contributed by atoms with Crippen molar-refractivity contribution in [1.29, 1.82) is 0 Å². The fourth-order valence-corrected chi connectivity index (χ4v) is 2.21. The van der Waals surface area contributed by atoms with Gasteiger partial charge in [0.2, 0.25) is 10.0 Å². The van der Waals surface area contributed by atoms with Crippen molar-refractivity contribution in [2.75, 3.05) is 6.26 Å². The zero-order valence-corrected chi connectivity index (χ0v) is 11.1. The Balaban J connectivity index is 2.29. The van der Waals surface area contributed by atoms with Gasteiger partial charge < -0.3 is 0 Å². The second-order valence-electron chi connectivity index (χ2n) is 4.14. The number of amides is 1. The minimum Gasteiger partial charge on any atom is -0.269 e. The standard InChI is InChI=1S/C14H13NO3S/c1-19(17,18)15-14(16)10-9-12-7-4-6-11-5-2-3-8-13(11)12/h2-10H,1H3,(H,15,16). The lowest BCUT2D eigenvalue weighted by Gasteiger charge is -2.01. The first-order valence-electron chi connectivity index (χ1n) is 5.63. The predicted octanol–water partition coefficient (Wildman–Crippen LogP) is 1.93. The number of fused-ring (bicyclic) bond motifs is 1. The maximum atomic E-state index is 11.4. The molecule has 0 bridgehead atoms. The van der Waals surface area contributed by atoms with Gasteiger partial charge >= 0.3 is 0 Å². The van der Waals surface area contributed by atoms with Gasteiger partial charge in [-0.1, -0.05) is 42.5 Å². The number of hydrogen-bond donors (Lipinski definition) is 1. The van der Waals surface area contributed by atoms with E-state index in [9.17, 15) is 13.2 Å². The lowest BCUT2D eigenvalue weighted by Crippen LogP contribution is -2.27. The predicted molar refractivity (Wildman–Crippen MR) is 76.0 cm³/mol. The van der Waals surface area contributed by atoms with E-state index in [1.165, 1.54) is 6.08 Å². The third kappa shape index (κ3) is 3.66. The van der Waals surface area contributed by atoms with Crippen LogP contribution in [0.3, 0.4) is 0 Å². The van der Waals surface area contributed by atoms with E-state index in [4.69, 9.17) is 0 Å². The Bertz CT molecular complexity index is 743. The van der Waals surface area contributed by atoms with E-state index in [0.29, 0.717) is 0 Å². The van der Waals surface area contributed by atoms with E-state index in [1.807, 2.05) is 47.2 Å². The van der Waals surface area contributed by atoms with Crippen LogP contribution in [0.2, 0.25) is 0 Å². The quantitative estimate of drug-likeness (QED) is 0.871. The number of carbonyl (C=O) groups excluding carboxylic acids is 1. The molecule has 0 aromatic heterocycles. The molecule has 0 unspecified atom stereocenters. The van der Waals surface area contributed by atoms with Crippen molar-refractivity contribution in [3.05, 3.63) is 54.1 Å². The highest BCUT2D eigenvalue weighted by Crippen LogP contribution is 2.19. The molecule has 1 N–H and O–H groups in total. The van der Waals surface area contributed by atoms with E-state index in [1.54, 1.807) is 6.08 Å². The zero-order valence-electron chi connectivity index (χ0n) is 10.3. The van der Waals surface area contributed by atoms with Crippen LogP contribution in [-0.2, 0) is 14.8 Å². The average Bonchev–Trinajstić information content (AvgIpc) is 2.34. The van der Waals surface area contributed by atoms with Crippen LogP contribution in [0.4, 0.5) is 0 Å². The van der Waals surface area contributed by atoms with Gasteiger partial charge in [0.15, 0.2) is 0 Å². The molecular formula is C14H13NO3S. The fourth-order valence-electron chi connectivity index (χ4n) is 1.78. The molecule has 2 rings (SSSR count). The van der Waals surface area contributed by atoms with Gasteiger partial charge in [-0.3, -0.25) is 4.79 Å². The Morgan fingerprint density at radius 1 is 1.11 bits per heavy atom. The molecule has 0 aliphatic carbocycles. The summed E-state index contributed by atoms with van der Waals surface area (Å²) < 4.78 is 23.7. The van der Waals surface area contributed by atoms with Crippen LogP contribution in [0, 0.1) is 0 Å². The minimum atomic E-state index is -3.52. The van der Waals surface area contributed by atoms with Crippen molar-refractivity contribution in [2.45, 2.75) is 0 Å². The smallest absolute Gasteiger partial charge is 0.257 e. The number of carbonyl (C=O) groups is 1. The van der Waals surface area contributed by atoms with Crippen LogP contribution in [0.15, 0.2) is 48.5 Å². The van der Waals surface area contributed by atoms with Crippen LogP contribution < -0.4 is 4.72 Å². The Morgan fingerprint density at radius 2 is 1.79 bits per heavy atom. The number of nitrogens with one attached hydrogen (secondary N) is 1. The molecule has 0 heterocycles. The van der Waals surface area contributed by atoms with Crippen LogP contribution in [0.1, 0.15) is 5.56 Å². The molecule has 5 heteroatoms. The molecule has 2 aromatic rings. The summed E-state index contributed by atoms with van der Waals surface area (Å²) in [7, 11) is -3.52. The molecule has 0 aliphatic heterocycles. The SMILES string of the molecule is CS(=O)(=O)NC(=O)C=Cc1cccc2ccccc12. The van der Waals surface area contributed by atoms with Crippen molar-refractivity contribution in [3.8, 4) is 0 Å². The molecule has 0 radical (unpaired) electrons. The number of rotatable bonds is 3. The highest BCUT2D eigenvalue weighted by molar-refractivity contribution is 7.89. The van der Waals surface area contributed by atoms with Gasteiger partial charge in [0, 0.05) is 6.08 Å². The van der Waals surface area contributed by atoms with Gasteiger partial charge in [0.1, 0.15) is 0 Å². The summed E-state index contributed by atoms with van der Waals surface area (Å²) in [4.78, 5) is 11.4. The monoisotopic (exact) mass is 275 g/mol. The van der Waals surface area contributed by atoms with Crippen LogP contribution in [-0.4, -0.2) is 20.6 Å². The molecule has 2 aromatic carbocycles. The van der Waals surface area contributed by atoms with Crippen molar-refractivity contribution in [2.24, 2.45) is 0 Å². The first kappa shape index (κ1) is 13.3. The number of hydrogen-bond acceptors (Lipinski definition) is 3. The molecule has 0 saturated heterocycles. The molecule has 0 aliphatic rings. The van der Waals surface area contributed by atoms with Crippen molar-refractivity contribution in [3.63, 3.8) is 0 Å². The third-order valence-electron chi connectivity index (χ3n) is 2.52. The molecule has 19 heavy (non-hydrogen) atoms. The summed E-state index contributed by atoms with van der Waals surface area (Å²) in [5.74, 6) is -0.657. The highest BCUT2D eigenvalue weighted by Gasteiger charge is 2.04. The van der Waals surface area contributed by atoms with Gasteiger partial charge in [-0.05, 0) is 22.4 Å². The first-order chi connectivity index (χ1) is 8.96. The second-order valence-corrected chi connectivity index (χ2v) is 5.89. The average molecular weight is 275 g/mol. The van der Waals surface area contributed by atoms with E-state index >= 15 is 0 Å². The molecular weight excluding hydrogens is 262 g/mol. The summed E-state index contributed by atoms with van der Waals surface area (Å²) >= 11 is 0. The molecule has 0 fully saturated rings. The fraction of sp³-hybridized carbons (Fsp3) is 0.0714. The molecule has 0 atom stereocenters. The summed E-state index contributed by atoms with van der Waals surface area (Å²) in [5.41, 5.74) is 0.863. The van der Waals surface area contributed by atoms with Gasteiger partial charge in [-0.15, -0.1) is 0 Å². The maximum absolute atomic E-state index is 11.4. The number of benzene rings is 2. The van der Waals surface area contributed by atoms with Crippen molar-refractivity contribution >= 4 is 32.8 Å². The molecule has 1 amide bonds. The highest BCUT2D eigenvalue weighted by atomic mass is 32.2. The topological polar surface area (TPSA) is 63.2 Å².